The first-order valence-electron chi connectivity index (χ1n) is 21.3. The Labute approximate surface area is 392 Å². The van der Waals surface area contributed by atoms with Crippen molar-refractivity contribution in [2.75, 3.05) is 39.3 Å². The number of nitrogen functional groups attached to an aromatic ring is 1. The maximum absolute atomic E-state index is 13.7. The van der Waals surface area contributed by atoms with Gasteiger partial charge in [0.25, 0.3) is 5.91 Å². The molecule has 0 radical (unpaired) electrons. The predicted molar refractivity (Wildman–Crippen MR) is 240 cm³/mol. The van der Waals surface area contributed by atoms with E-state index >= 15 is 0 Å². The van der Waals surface area contributed by atoms with Crippen LogP contribution < -0.4 is 21.1 Å². The fourth-order valence-electron chi connectivity index (χ4n) is 7.30. The van der Waals surface area contributed by atoms with E-state index in [1.807, 2.05) is 42.5 Å². The predicted octanol–water partition coefficient (Wildman–Crippen LogP) is 3.66. The third kappa shape index (κ3) is 15.8. The Morgan fingerprint density at radius 2 is 1.24 bits per heavy atom. The van der Waals surface area contributed by atoms with E-state index in [2.05, 4.69) is 10.6 Å². The van der Waals surface area contributed by atoms with Crippen LogP contribution in [0.15, 0.2) is 95.9 Å². The molecule has 2 heterocycles. The number of carbonyl (C=O) groups excluding carboxylic acids is 6. The van der Waals surface area contributed by atoms with Gasteiger partial charge < -0.3 is 63.7 Å². The lowest BCUT2D eigenvalue weighted by molar-refractivity contribution is -0.272. The molecule has 10 atom stereocenters. The molecule has 0 aromatic heterocycles. The minimum Gasteiger partial charge on any atom is -0.497 e. The number of benzene rings is 3. The summed E-state index contributed by atoms with van der Waals surface area (Å²) in [6, 6.07) is 20.9. The highest BCUT2D eigenvalue weighted by atomic mass is 32.2. The van der Waals surface area contributed by atoms with Crippen molar-refractivity contribution in [3.8, 4) is 5.75 Å². The van der Waals surface area contributed by atoms with Gasteiger partial charge in [-0.2, -0.15) is 0 Å². The lowest BCUT2D eigenvalue weighted by Gasteiger charge is -2.45. The summed E-state index contributed by atoms with van der Waals surface area (Å²) in [5.74, 6) is -3.22. The third-order valence-corrected chi connectivity index (χ3v) is 11.3. The molecule has 2 saturated heterocycles. The standard InChI is InChI=1S/C47H57N3O16S/c1-27(51)49-40-44(41(62-29(3)53)37(25-58-24-32-14-8-7-9-15-32)66-47(40)67-34-20-18-33(57-6)19-21-34)60-23-13-12-22-59-43-39(50-45(56)35-16-10-11-17-36(35)48)46(64-31(5)55)65-38(26-61-28(2)52)42(43)63-30(4)54/h7-21,37-44,46-47H,22-26,48H2,1-6H3,(H,49,51)(H,50,56)/b13-12+/t37?,38?,39?,40?,41-,42-,43+,44+,46-,47-/m0/s1. The molecule has 0 bridgehead atoms. The second-order valence-electron chi connectivity index (χ2n) is 15.3. The van der Waals surface area contributed by atoms with Crippen molar-refractivity contribution in [2.24, 2.45) is 0 Å². The molecule has 67 heavy (non-hydrogen) atoms. The number of esters is 4. The van der Waals surface area contributed by atoms with Gasteiger partial charge in [0, 0.05) is 45.2 Å². The van der Waals surface area contributed by atoms with Crippen molar-refractivity contribution in [3.63, 3.8) is 0 Å². The minimum absolute atomic E-state index is 0.00119. The summed E-state index contributed by atoms with van der Waals surface area (Å²) in [5.41, 5.74) is 6.50. The lowest BCUT2D eigenvalue weighted by Crippen LogP contribution is -2.66. The summed E-state index contributed by atoms with van der Waals surface area (Å²) in [7, 11) is 1.56. The van der Waals surface area contributed by atoms with Crippen LogP contribution in [0.5, 0.6) is 5.75 Å². The number of para-hydroxylation sites is 1. The maximum atomic E-state index is 13.7. The number of rotatable bonds is 21. The molecule has 2 aliphatic heterocycles. The summed E-state index contributed by atoms with van der Waals surface area (Å²) in [6.45, 7) is 5.57. The van der Waals surface area contributed by atoms with Crippen LogP contribution in [0.25, 0.3) is 0 Å². The minimum atomic E-state index is -1.51. The highest BCUT2D eigenvalue weighted by molar-refractivity contribution is 7.99. The number of methoxy groups -OCH3 is 1. The van der Waals surface area contributed by atoms with Gasteiger partial charge in [0.15, 0.2) is 12.2 Å². The fraction of sp³-hybridized carbons (Fsp3) is 0.447. The van der Waals surface area contributed by atoms with E-state index in [-0.39, 0.29) is 43.6 Å². The van der Waals surface area contributed by atoms with Gasteiger partial charge in [-0.05, 0) is 42.0 Å². The topological polar surface area (TPSA) is 245 Å². The van der Waals surface area contributed by atoms with Crippen LogP contribution in [-0.4, -0.2) is 130 Å². The molecule has 3 aromatic rings. The molecule has 362 valence electrons. The number of thioether (sulfide) groups is 1. The van der Waals surface area contributed by atoms with Gasteiger partial charge in [-0.15, -0.1) is 0 Å². The lowest BCUT2D eigenvalue weighted by atomic mass is 9.95. The molecule has 0 spiro atoms. The fourth-order valence-corrected chi connectivity index (χ4v) is 8.43. The zero-order chi connectivity index (χ0) is 48.5. The Morgan fingerprint density at radius 3 is 1.81 bits per heavy atom. The van der Waals surface area contributed by atoms with Crippen molar-refractivity contribution >= 4 is 53.1 Å². The summed E-state index contributed by atoms with van der Waals surface area (Å²) in [4.78, 5) is 76.6. The van der Waals surface area contributed by atoms with E-state index in [0.717, 1.165) is 24.3 Å². The Kier molecular flexibility index (Phi) is 20.0. The second kappa shape index (κ2) is 25.8. The van der Waals surface area contributed by atoms with Gasteiger partial charge in [0.1, 0.15) is 48.3 Å². The van der Waals surface area contributed by atoms with Crippen LogP contribution in [0.3, 0.4) is 0 Å². The Hall–Kier alpha value is -6.03. The average Bonchev–Trinajstić information content (AvgIpc) is 3.27. The monoisotopic (exact) mass is 951 g/mol. The highest BCUT2D eigenvalue weighted by Gasteiger charge is 2.52. The highest BCUT2D eigenvalue weighted by Crippen LogP contribution is 2.37. The smallest absolute Gasteiger partial charge is 0.305 e. The number of ether oxygens (including phenoxy) is 10. The van der Waals surface area contributed by atoms with Crippen molar-refractivity contribution < 1.29 is 76.1 Å². The SMILES string of the molecule is COc1ccc(S[C@@H]2OC(COCc3ccccc3)[C@H](OC(C)=O)[C@H](OC/C=C/CO[C@@H]3C(NC(=O)c4ccccc4N)[C@@H](OC(C)=O)OC(COC(C)=O)[C@@H]3OC(C)=O)C2NC(C)=O)cc1. The first-order valence-corrected chi connectivity index (χ1v) is 22.2. The molecular formula is C47H57N3O16S. The van der Waals surface area contributed by atoms with Crippen LogP contribution in [0.1, 0.15) is 50.5 Å². The number of nitrogens with one attached hydrogen (secondary N) is 2. The normalized spacial score (nSPS) is 24.7. The average molecular weight is 952 g/mol. The molecule has 2 amide bonds. The van der Waals surface area contributed by atoms with E-state index in [0.29, 0.717) is 5.75 Å². The van der Waals surface area contributed by atoms with Crippen LogP contribution in [0, 0.1) is 0 Å². The van der Waals surface area contributed by atoms with E-state index in [1.54, 1.807) is 43.5 Å². The largest absolute Gasteiger partial charge is 0.497 e. The van der Waals surface area contributed by atoms with Crippen molar-refractivity contribution in [2.45, 2.75) is 107 Å². The molecule has 4 unspecified atom stereocenters. The number of hydrogen-bond acceptors (Lipinski definition) is 18. The van der Waals surface area contributed by atoms with Crippen LogP contribution >= 0.6 is 11.8 Å². The van der Waals surface area contributed by atoms with E-state index < -0.39 is 96.8 Å². The molecule has 20 heteroatoms. The number of hydrogen-bond donors (Lipinski definition) is 3. The second-order valence-corrected chi connectivity index (χ2v) is 16.5. The number of nitrogens with two attached hydrogens (primary N) is 1. The molecule has 4 N–H and O–H groups in total. The summed E-state index contributed by atoms with van der Waals surface area (Å²) in [6.07, 6.45) is -5.00. The zero-order valence-corrected chi connectivity index (χ0v) is 38.8. The Morgan fingerprint density at radius 1 is 0.657 bits per heavy atom. The zero-order valence-electron chi connectivity index (χ0n) is 38.0. The Balaban J connectivity index is 1.41. The van der Waals surface area contributed by atoms with Gasteiger partial charge in [0.2, 0.25) is 12.2 Å². The first kappa shape index (κ1) is 51.9. The summed E-state index contributed by atoms with van der Waals surface area (Å²) >= 11 is 1.32. The van der Waals surface area contributed by atoms with Gasteiger partial charge in [-0.25, -0.2) is 0 Å². The quantitative estimate of drug-likeness (QED) is 0.0597. The third-order valence-electron chi connectivity index (χ3n) is 10.1. The summed E-state index contributed by atoms with van der Waals surface area (Å²) < 4.78 is 59.1. The van der Waals surface area contributed by atoms with Gasteiger partial charge in [-0.3, -0.25) is 28.8 Å². The van der Waals surface area contributed by atoms with Gasteiger partial charge in [-0.1, -0.05) is 66.4 Å². The van der Waals surface area contributed by atoms with Crippen LogP contribution in [0.2, 0.25) is 0 Å². The van der Waals surface area contributed by atoms with Crippen LogP contribution in [-0.2, 0) is 73.2 Å². The van der Waals surface area contributed by atoms with E-state index in [4.69, 9.17) is 53.1 Å². The van der Waals surface area contributed by atoms with Crippen molar-refractivity contribution in [1.82, 2.24) is 10.6 Å². The number of amides is 2. The maximum Gasteiger partial charge on any atom is 0.305 e. The first-order chi connectivity index (χ1) is 32.1. The van der Waals surface area contributed by atoms with Gasteiger partial charge >= 0.3 is 23.9 Å². The van der Waals surface area contributed by atoms with Crippen molar-refractivity contribution in [1.29, 1.82) is 0 Å². The molecule has 19 nitrogen and oxygen atoms in total. The molecule has 5 rings (SSSR count). The van der Waals surface area contributed by atoms with Crippen molar-refractivity contribution in [3.05, 3.63) is 102 Å². The van der Waals surface area contributed by atoms with E-state index in [1.165, 1.54) is 44.7 Å². The molecule has 3 aromatic carbocycles. The van der Waals surface area contributed by atoms with E-state index in [9.17, 15) is 28.8 Å². The molecule has 0 aliphatic carbocycles. The van der Waals surface area contributed by atoms with Crippen LogP contribution in [0.4, 0.5) is 5.69 Å². The van der Waals surface area contributed by atoms with Gasteiger partial charge in [0.05, 0.1) is 45.1 Å². The molecule has 2 aliphatic rings. The number of anilines is 1. The summed E-state index contributed by atoms with van der Waals surface area (Å²) in [5, 5.41) is 5.70. The molecular weight excluding hydrogens is 895 g/mol. The number of carbonyl (C=O) groups is 6. The molecule has 0 saturated carbocycles. The molecule has 2 fully saturated rings. The Bertz CT molecular complexity index is 2160.